The summed E-state index contributed by atoms with van der Waals surface area (Å²) in [6, 6.07) is 7.90. The summed E-state index contributed by atoms with van der Waals surface area (Å²) in [7, 11) is 0. The van der Waals surface area contributed by atoms with E-state index in [1.165, 1.54) is 10.5 Å². The Morgan fingerprint density at radius 2 is 1.71 bits per heavy atom. The van der Waals surface area contributed by atoms with Crippen LogP contribution in [-0.4, -0.2) is 11.8 Å². The highest BCUT2D eigenvalue weighted by molar-refractivity contribution is 6.22. The average molecular weight is 285 g/mol. The molecule has 21 heavy (non-hydrogen) atoms. The number of benzene rings is 1. The highest BCUT2D eigenvalue weighted by atomic mass is 16.2. The third-order valence-corrected chi connectivity index (χ3v) is 4.92. The van der Waals surface area contributed by atoms with E-state index in [1.807, 2.05) is 24.3 Å². The second-order valence-corrected chi connectivity index (χ2v) is 6.56. The minimum atomic E-state index is -0.0865. The zero-order chi connectivity index (χ0) is 15.0. The van der Waals surface area contributed by atoms with Crippen molar-refractivity contribution in [1.29, 1.82) is 0 Å². The Bertz CT molecular complexity index is 549. The summed E-state index contributed by atoms with van der Waals surface area (Å²) < 4.78 is 0. The van der Waals surface area contributed by atoms with E-state index in [-0.39, 0.29) is 23.7 Å². The minimum Gasteiger partial charge on any atom is -0.274 e. The van der Waals surface area contributed by atoms with Gasteiger partial charge in [-0.3, -0.25) is 14.5 Å². The standard InChI is InChI=1S/C18H23NO2/c1-3-4-13-6-8-14(9-7-13)19-17(20)15-10-5-12(2)11-16(15)18(19)21/h6-9,12,15-16H,3-5,10-11H2,1-2H3/t12-,15+,16-/m0/s1. The number of carbonyl (C=O) groups is 2. The van der Waals surface area contributed by atoms with Gasteiger partial charge in [-0.1, -0.05) is 32.4 Å². The van der Waals surface area contributed by atoms with Crippen molar-refractivity contribution >= 4 is 17.5 Å². The first kappa shape index (κ1) is 14.3. The van der Waals surface area contributed by atoms with E-state index in [1.54, 1.807) is 0 Å². The summed E-state index contributed by atoms with van der Waals surface area (Å²) >= 11 is 0. The summed E-state index contributed by atoms with van der Waals surface area (Å²) in [4.78, 5) is 26.6. The monoisotopic (exact) mass is 285 g/mol. The Morgan fingerprint density at radius 1 is 1.05 bits per heavy atom. The van der Waals surface area contributed by atoms with Crippen LogP contribution in [0.15, 0.2) is 24.3 Å². The molecule has 1 aromatic rings. The largest absolute Gasteiger partial charge is 0.274 e. The molecule has 3 heteroatoms. The Hall–Kier alpha value is -1.64. The van der Waals surface area contributed by atoms with E-state index < -0.39 is 0 Å². The van der Waals surface area contributed by atoms with Gasteiger partial charge in [0.05, 0.1) is 17.5 Å². The van der Waals surface area contributed by atoms with Crippen LogP contribution < -0.4 is 4.90 Å². The average Bonchev–Trinajstić information content (AvgIpc) is 2.72. The van der Waals surface area contributed by atoms with Crippen molar-refractivity contribution in [3.63, 3.8) is 0 Å². The van der Waals surface area contributed by atoms with Crippen molar-refractivity contribution in [1.82, 2.24) is 0 Å². The molecular weight excluding hydrogens is 262 g/mol. The lowest BCUT2D eigenvalue weighted by atomic mass is 9.76. The number of nitrogens with zero attached hydrogens (tertiary/aromatic N) is 1. The fourth-order valence-corrected chi connectivity index (χ4v) is 3.74. The Morgan fingerprint density at radius 3 is 2.38 bits per heavy atom. The van der Waals surface area contributed by atoms with E-state index in [0.717, 1.165) is 37.8 Å². The van der Waals surface area contributed by atoms with E-state index in [2.05, 4.69) is 13.8 Å². The number of amides is 2. The Balaban J connectivity index is 1.85. The lowest BCUT2D eigenvalue weighted by Gasteiger charge is -2.25. The predicted molar refractivity (Wildman–Crippen MR) is 82.9 cm³/mol. The Labute approximate surface area is 126 Å². The fourth-order valence-electron chi connectivity index (χ4n) is 3.74. The Kier molecular flexibility index (Phi) is 3.83. The maximum Gasteiger partial charge on any atom is 0.237 e. The zero-order valence-corrected chi connectivity index (χ0v) is 12.8. The van der Waals surface area contributed by atoms with Gasteiger partial charge in [-0.05, 0) is 49.3 Å². The van der Waals surface area contributed by atoms with E-state index in [9.17, 15) is 9.59 Å². The molecule has 3 nitrogen and oxygen atoms in total. The second kappa shape index (κ2) is 5.63. The van der Waals surface area contributed by atoms with Gasteiger partial charge in [-0.15, -0.1) is 0 Å². The molecule has 1 aliphatic carbocycles. The van der Waals surface area contributed by atoms with Crippen molar-refractivity contribution < 1.29 is 9.59 Å². The first-order chi connectivity index (χ1) is 10.1. The SMILES string of the molecule is CCCc1ccc(N2C(=O)[C@H]3C[C@@H](C)CC[C@H]3C2=O)cc1. The van der Waals surface area contributed by atoms with Gasteiger partial charge in [0.15, 0.2) is 0 Å². The van der Waals surface area contributed by atoms with Crippen LogP contribution in [0.5, 0.6) is 0 Å². The van der Waals surface area contributed by atoms with Gasteiger partial charge >= 0.3 is 0 Å². The maximum absolute atomic E-state index is 12.6. The fraction of sp³-hybridized carbons (Fsp3) is 0.556. The van der Waals surface area contributed by atoms with Gasteiger partial charge in [0.2, 0.25) is 11.8 Å². The third kappa shape index (κ3) is 2.50. The van der Waals surface area contributed by atoms with Crippen molar-refractivity contribution in [2.24, 2.45) is 17.8 Å². The molecule has 0 bridgehead atoms. The first-order valence-electron chi connectivity index (χ1n) is 8.08. The number of anilines is 1. The molecule has 2 aliphatic rings. The molecule has 1 saturated heterocycles. The normalized spacial score (nSPS) is 28.9. The number of aryl methyl sites for hydroxylation is 1. The molecular formula is C18H23NO2. The quantitative estimate of drug-likeness (QED) is 0.796. The summed E-state index contributed by atoms with van der Waals surface area (Å²) in [5, 5.41) is 0. The van der Waals surface area contributed by atoms with Gasteiger partial charge < -0.3 is 0 Å². The van der Waals surface area contributed by atoms with Crippen LogP contribution in [0.2, 0.25) is 0 Å². The zero-order valence-electron chi connectivity index (χ0n) is 12.8. The molecule has 0 aromatic heterocycles. The molecule has 0 N–H and O–H groups in total. The maximum atomic E-state index is 12.6. The number of carbonyl (C=O) groups excluding carboxylic acids is 2. The lowest BCUT2D eigenvalue weighted by molar-refractivity contribution is -0.122. The summed E-state index contributed by atoms with van der Waals surface area (Å²) in [6.45, 7) is 4.32. The molecule has 1 saturated carbocycles. The van der Waals surface area contributed by atoms with Gasteiger partial charge in [0.25, 0.3) is 0 Å². The van der Waals surface area contributed by atoms with Crippen molar-refractivity contribution in [2.45, 2.75) is 46.0 Å². The van der Waals surface area contributed by atoms with Crippen LogP contribution in [-0.2, 0) is 16.0 Å². The smallest absolute Gasteiger partial charge is 0.237 e. The van der Waals surface area contributed by atoms with Crippen LogP contribution in [0.1, 0.15) is 45.1 Å². The molecule has 0 spiro atoms. The van der Waals surface area contributed by atoms with Crippen LogP contribution in [0, 0.1) is 17.8 Å². The van der Waals surface area contributed by atoms with Crippen LogP contribution >= 0.6 is 0 Å². The molecule has 1 heterocycles. The van der Waals surface area contributed by atoms with E-state index in [0.29, 0.717) is 5.92 Å². The highest BCUT2D eigenvalue weighted by Gasteiger charge is 2.49. The molecule has 1 aromatic carbocycles. The molecule has 2 amide bonds. The third-order valence-electron chi connectivity index (χ3n) is 4.92. The van der Waals surface area contributed by atoms with Crippen molar-refractivity contribution in [2.75, 3.05) is 4.90 Å². The van der Waals surface area contributed by atoms with Crippen molar-refractivity contribution in [3.05, 3.63) is 29.8 Å². The van der Waals surface area contributed by atoms with Crippen LogP contribution in [0.3, 0.4) is 0 Å². The van der Waals surface area contributed by atoms with E-state index >= 15 is 0 Å². The van der Waals surface area contributed by atoms with Crippen LogP contribution in [0.25, 0.3) is 0 Å². The molecule has 0 radical (unpaired) electrons. The molecule has 112 valence electrons. The van der Waals surface area contributed by atoms with Gasteiger partial charge in [-0.2, -0.15) is 0 Å². The number of fused-ring (bicyclic) bond motifs is 1. The first-order valence-corrected chi connectivity index (χ1v) is 8.08. The number of imide groups is 1. The molecule has 0 unspecified atom stereocenters. The minimum absolute atomic E-state index is 0.0137. The highest BCUT2D eigenvalue weighted by Crippen LogP contribution is 2.42. The number of rotatable bonds is 3. The number of hydrogen-bond acceptors (Lipinski definition) is 2. The summed E-state index contributed by atoms with van der Waals surface area (Å²) in [5.74, 6) is 0.412. The molecule has 3 rings (SSSR count). The summed E-state index contributed by atoms with van der Waals surface area (Å²) in [5.41, 5.74) is 2.00. The number of hydrogen-bond donors (Lipinski definition) is 0. The topological polar surface area (TPSA) is 37.4 Å². The summed E-state index contributed by atoms with van der Waals surface area (Å²) in [6.07, 6.45) is 4.91. The molecule has 1 aliphatic heterocycles. The van der Waals surface area contributed by atoms with Crippen LogP contribution in [0.4, 0.5) is 5.69 Å². The van der Waals surface area contributed by atoms with Gasteiger partial charge in [-0.25, -0.2) is 0 Å². The van der Waals surface area contributed by atoms with E-state index in [4.69, 9.17) is 0 Å². The van der Waals surface area contributed by atoms with Crippen molar-refractivity contribution in [3.8, 4) is 0 Å². The lowest BCUT2D eigenvalue weighted by Crippen LogP contribution is -2.30. The van der Waals surface area contributed by atoms with Gasteiger partial charge in [0.1, 0.15) is 0 Å². The molecule has 3 atom stereocenters. The second-order valence-electron chi connectivity index (χ2n) is 6.56. The molecule has 2 fully saturated rings. The predicted octanol–water partition coefficient (Wildman–Crippen LogP) is 3.56. The van der Waals surface area contributed by atoms with Gasteiger partial charge in [0, 0.05) is 0 Å².